The molecule has 0 radical (unpaired) electrons. The van der Waals surface area contributed by atoms with E-state index < -0.39 is 0 Å². The summed E-state index contributed by atoms with van der Waals surface area (Å²) in [5, 5.41) is 10.4. The van der Waals surface area contributed by atoms with E-state index in [9.17, 15) is 5.11 Å². The standard InChI is InChI=1S/C11H16N2O2S/c14-7-9-10(8-1-2-8)12-11(16-9)13-3-5-15-6-4-13/h8,14H,1-7H2. The number of aliphatic hydroxyl groups excluding tert-OH is 1. The van der Waals surface area contributed by atoms with Crippen LogP contribution in [0.3, 0.4) is 0 Å². The van der Waals surface area contributed by atoms with Gasteiger partial charge in [0.2, 0.25) is 0 Å². The van der Waals surface area contributed by atoms with E-state index in [2.05, 4.69) is 4.90 Å². The number of aromatic nitrogens is 1. The van der Waals surface area contributed by atoms with Crippen LogP contribution in [0.25, 0.3) is 0 Å². The molecule has 1 N–H and O–H groups in total. The molecular weight excluding hydrogens is 224 g/mol. The van der Waals surface area contributed by atoms with Gasteiger partial charge in [0.15, 0.2) is 5.13 Å². The van der Waals surface area contributed by atoms with Gasteiger partial charge in [0, 0.05) is 19.0 Å². The smallest absolute Gasteiger partial charge is 0.186 e. The minimum absolute atomic E-state index is 0.133. The molecule has 0 aromatic carbocycles. The molecule has 1 aromatic rings. The maximum atomic E-state index is 9.33. The van der Waals surface area contributed by atoms with Crippen LogP contribution in [0.4, 0.5) is 5.13 Å². The third-order valence-corrected chi connectivity index (χ3v) is 4.22. The Bertz CT molecular complexity index is 370. The van der Waals surface area contributed by atoms with E-state index in [0.717, 1.165) is 42.0 Å². The van der Waals surface area contributed by atoms with Crippen molar-refractivity contribution in [2.75, 3.05) is 31.2 Å². The van der Waals surface area contributed by atoms with E-state index in [-0.39, 0.29) is 6.61 Å². The van der Waals surface area contributed by atoms with Gasteiger partial charge in [-0.05, 0) is 12.8 Å². The van der Waals surface area contributed by atoms with Gasteiger partial charge in [-0.3, -0.25) is 0 Å². The number of hydrogen-bond acceptors (Lipinski definition) is 5. The van der Waals surface area contributed by atoms with E-state index in [1.54, 1.807) is 11.3 Å². The molecule has 1 aliphatic heterocycles. The third kappa shape index (κ3) is 1.95. The molecule has 1 aliphatic carbocycles. The number of hydrogen-bond donors (Lipinski definition) is 1. The second-order valence-corrected chi connectivity index (χ2v) is 5.40. The average molecular weight is 240 g/mol. The van der Waals surface area contributed by atoms with Crippen molar-refractivity contribution in [2.24, 2.45) is 0 Å². The van der Waals surface area contributed by atoms with E-state index in [1.807, 2.05) is 0 Å². The van der Waals surface area contributed by atoms with Crippen molar-refractivity contribution in [3.63, 3.8) is 0 Å². The minimum atomic E-state index is 0.133. The molecular formula is C11H16N2O2S. The molecule has 88 valence electrons. The van der Waals surface area contributed by atoms with Crippen molar-refractivity contribution in [1.29, 1.82) is 0 Å². The average Bonchev–Trinajstić information content (AvgIpc) is 3.10. The molecule has 2 heterocycles. The largest absolute Gasteiger partial charge is 0.391 e. The van der Waals surface area contributed by atoms with E-state index in [0.29, 0.717) is 5.92 Å². The molecule has 0 spiro atoms. The number of nitrogens with zero attached hydrogens (tertiary/aromatic N) is 2. The van der Waals surface area contributed by atoms with Crippen molar-refractivity contribution >= 4 is 16.5 Å². The van der Waals surface area contributed by atoms with Crippen LogP contribution >= 0.6 is 11.3 Å². The normalized spacial score (nSPS) is 21.4. The second kappa shape index (κ2) is 4.31. The first kappa shape index (κ1) is 10.5. The number of anilines is 1. The zero-order chi connectivity index (χ0) is 11.0. The Morgan fingerprint density at radius 1 is 1.38 bits per heavy atom. The second-order valence-electron chi connectivity index (χ2n) is 4.34. The van der Waals surface area contributed by atoms with Crippen LogP contribution in [0.15, 0.2) is 0 Å². The van der Waals surface area contributed by atoms with Gasteiger partial charge in [-0.2, -0.15) is 0 Å². The summed E-state index contributed by atoms with van der Waals surface area (Å²) in [6.45, 7) is 3.54. The number of aliphatic hydroxyl groups is 1. The number of morpholine rings is 1. The zero-order valence-corrected chi connectivity index (χ0v) is 10.0. The summed E-state index contributed by atoms with van der Waals surface area (Å²) in [4.78, 5) is 8.02. The maximum absolute atomic E-state index is 9.33. The molecule has 1 saturated carbocycles. The highest BCUT2D eigenvalue weighted by Gasteiger charge is 2.30. The minimum Gasteiger partial charge on any atom is -0.391 e. The van der Waals surface area contributed by atoms with Crippen LogP contribution in [-0.4, -0.2) is 36.4 Å². The Morgan fingerprint density at radius 3 is 2.75 bits per heavy atom. The fourth-order valence-electron chi connectivity index (χ4n) is 2.03. The molecule has 1 saturated heterocycles. The molecule has 5 heteroatoms. The summed E-state index contributed by atoms with van der Waals surface area (Å²) in [5.74, 6) is 0.619. The molecule has 2 fully saturated rings. The van der Waals surface area contributed by atoms with Crippen molar-refractivity contribution < 1.29 is 9.84 Å². The first-order chi connectivity index (χ1) is 7.88. The van der Waals surface area contributed by atoms with Crippen molar-refractivity contribution in [3.8, 4) is 0 Å². The summed E-state index contributed by atoms with van der Waals surface area (Å²) in [6, 6.07) is 0. The monoisotopic (exact) mass is 240 g/mol. The van der Waals surface area contributed by atoms with Crippen LogP contribution in [0.1, 0.15) is 29.3 Å². The van der Waals surface area contributed by atoms with Gasteiger partial charge in [0.05, 0.1) is 30.4 Å². The van der Waals surface area contributed by atoms with Crippen LogP contribution in [0, 0.1) is 0 Å². The summed E-state index contributed by atoms with van der Waals surface area (Å²) in [7, 11) is 0. The zero-order valence-electron chi connectivity index (χ0n) is 9.19. The van der Waals surface area contributed by atoms with E-state index >= 15 is 0 Å². The predicted octanol–water partition coefficient (Wildman–Crippen LogP) is 1.35. The first-order valence-electron chi connectivity index (χ1n) is 5.81. The van der Waals surface area contributed by atoms with Gasteiger partial charge in [-0.15, -0.1) is 0 Å². The Kier molecular flexibility index (Phi) is 2.83. The fraction of sp³-hybridized carbons (Fsp3) is 0.727. The number of rotatable bonds is 3. The Hall–Kier alpha value is -0.650. The van der Waals surface area contributed by atoms with Gasteiger partial charge in [0.1, 0.15) is 0 Å². The lowest BCUT2D eigenvalue weighted by Gasteiger charge is -2.26. The first-order valence-corrected chi connectivity index (χ1v) is 6.63. The molecule has 3 rings (SSSR count). The van der Waals surface area contributed by atoms with Gasteiger partial charge < -0.3 is 14.7 Å². The topological polar surface area (TPSA) is 45.6 Å². The van der Waals surface area contributed by atoms with Crippen molar-refractivity contribution in [1.82, 2.24) is 4.98 Å². The Labute approximate surface area is 98.9 Å². The molecule has 0 bridgehead atoms. The van der Waals surface area contributed by atoms with Gasteiger partial charge in [0.25, 0.3) is 0 Å². The highest BCUT2D eigenvalue weighted by atomic mass is 32.1. The molecule has 4 nitrogen and oxygen atoms in total. The van der Waals surface area contributed by atoms with Crippen LogP contribution in [0.2, 0.25) is 0 Å². The Morgan fingerprint density at radius 2 is 2.12 bits per heavy atom. The van der Waals surface area contributed by atoms with E-state index in [4.69, 9.17) is 9.72 Å². The molecule has 0 atom stereocenters. The summed E-state index contributed by atoms with van der Waals surface area (Å²) in [6.07, 6.45) is 2.47. The van der Waals surface area contributed by atoms with E-state index in [1.165, 1.54) is 12.8 Å². The van der Waals surface area contributed by atoms with Crippen LogP contribution in [0.5, 0.6) is 0 Å². The Balaban J connectivity index is 1.83. The quantitative estimate of drug-likeness (QED) is 0.866. The molecule has 2 aliphatic rings. The van der Waals surface area contributed by atoms with Gasteiger partial charge >= 0.3 is 0 Å². The molecule has 16 heavy (non-hydrogen) atoms. The third-order valence-electron chi connectivity index (χ3n) is 3.11. The SMILES string of the molecule is OCc1sc(N2CCOCC2)nc1C1CC1. The highest BCUT2D eigenvalue weighted by molar-refractivity contribution is 7.15. The van der Waals surface area contributed by atoms with Crippen LogP contribution in [-0.2, 0) is 11.3 Å². The highest BCUT2D eigenvalue weighted by Crippen LogP contribution is 2.44. The fourth-order valence-corrected chi connectivity index (χ4v) is 3.09. The van der Waals surface area contributed by atoms with Crippen LogP contribution < -0.4 is 4.90 Å². The summed E-state index contributed by atoms with van der Waals surface area (Å²) in [5.41, 5.74) is 1.15. The lowest BCUT2D eigenvalue weighted by Crippen LogP contribution is -2.36. The number of ether oxygens (including phenoxy) is 1. The lowest BCUT2D eigenvalue weighted by molar-refractivity contribution is 0.122. The maximum Gasteiger partial charge on any atom is 0.186 e. The van der Waals surface area contributed by atoms with Gasteiger partial charge in [-0.25, -0.2) is 4.98 Å². The lowest BCUT2D eigenvalue weighted by atomic mass is 10.2. The van der Waals surface area contributed by atoms with Gasteiger partial charge in [-0.1, -0.05) is 11.3 Å². The summed E-state index contributed by atoms with van der Waals surface area (Å²) >= 11 is 1.64. The molecule has 0 amide bonds. The van der Waals surface area contributed by atoms with Crippen molar-refractivity contribution in [3.05, 3.63) is 10.6 Å². The summed E-state index contributed by atoms with van der Waals surface area (Å²) < 4.78 is 5.33. The number of thiazole rings is 1. The molecule has 0 unspecified atom stereocenters. The molecule has 1 aromatic heterocycles. The predicted molar refractivity (Wildman–Crippen MR) is 63.0 cm³/mol. The van der Waals surface area contributed by atoms with Crippen molar-refractivity contribution in [2.45, 2.75) is 25.4 Å².